The van der Waals surface area contributed by atoms with E-state index >= 15 is 0 Å². The molecule has 0 aromatic rings. The van der Waals surface area contributed by atoms with E-state index in [-0.39, 0.29) is 11.8 Å². The monoisotopic (exact) mass is 340 g/mol. The SMILES string of the molecule is CCC(C)(C)CC(C)C(=O)OCC(F)(F)C(F)(F)C(F)(F)F. The maximum atomic E-state index is 13.0. The van der Waals surface area contributed by atoms with Crippen LogP contribution in [0.5, 0.6) is 0 Å². The summed E-state index contributed by atoms with van der Waals surface area (Å²) in [4.78, 5) is 11.5. The molecule has 0 aromatic heterocycles. The van der Waals surface area contributed by atoms with Gasteiger partial charge in [-0.25, -0.2) is 0 Å². The summed E-state index contributed by atoms with van der Waals surface area (Å²) in [5, 5.41) is 0. The number of alkyl halides is 7. The van der Waals surface area contributed by atoms with Gasteiger partial charge in [-0.05, 0) is 11.8 Å². The fourth-order valence-corrected chi connectivity index (χ4v) is 1.66. The first-order chi connectivity index (χ1) is 9.57. The van der Waals surface area contributed by atoms with E-state index in [1.54, 1.807) is 13.8 Å². The predicted molar refractivity (Wildman–Crippen MR) is 64.8 cm³/mol. The molecule has 0 bridgehead atoms. The van der Waals surface area contributed by atoms with Gasteiger partial charge in [0, 0.05) is 0 Å². The summed E-state index contributed by atoms with van der Waals surface area (Å²) >= 11 is 0. The van der Waals surface area contributed by atoms with Gasteiger partial charge in [-0.2, -0.15) is 30.7 Å². The van der Waals surface area contributed by atoms with Crippen LogP contribution >= 0.6 is 0 Å². The van der Waals surface area contributed by atoms with Gasteiger partial charge in [0.2, 0.25) is 0 Å². The Hall–Kier alpha value is -1.02. The van der Waals surface area contributed by atoms with Crippen LogP contribution in [0, 0.1) is 11.3 Å². The second kappa shape index (κ2) is 6.62. The number of esters is 1. The molecule has 0 spiro atoms. The first-order valence-electron chi connectivity index (χ1n) is 6.56. The highest BCUT2D eigenvalue weighted by Gasteiger charge is 2.73. The Morgan fingerprint density at radius 1 is 1.05 bits per heavy atom. The lowest BCUT2D eigenvalue weighted by atomic mass is 9.81. The topological polar surface area (TPSA) is 26.3 Å². The lowest BCUT2D eigenvalue weighted by molar-refractivity contribution is -0.360. The van der Waals surface area contributed by atoms with Gasteiger partial charge in [0.25, 0.3) is 0 Å². The van der Waals surface area contributed by atoms with Gasteiger partial charge >= 0.3 is 24.0 Å². The number of rotatable bonds is 7. The largest absolute Gasteiger partial charge is 0.460 e. The maximum Gasteiger partial charge on any atom is 0.460 e. The molecule has 0 saturated heterocycles. The summed E-state index contributed by atoms with van der Waals surface area (Å²) < 4.78 is 90.9. The van der Waals surface area contributed by atoms with Crippen molar-refractivity contribution < 1.29 is 40.3 Å². The first-order valence-corrected chi connectivity index (χ1v) is 6.56. The molecule has 0 rings (SSSR count). The summed E-state index contributed by atoms with van der Waals surface area (Å²) in [5.74, 6) is -13.9. The zero-order valence-electron chi connectivity index (χ0n) is 12.7. The van der Waals surface area contributed by atoms with Crippen LogP contribution in [0.2, 0.25) is 0 Å². The Bertz CT molecular complexity index is 388. The van der Waals surface area contributed by atoms with Crippen molar-refractivity contribution in [3.05, 3.63) is 0 Å². The van der Waals surface area contributed by atoms with Crippen LogP contribution in [0.25, 0.3) is 0 Å². The number of hydrogen-bond donors (Lipinski definition) is 0. The van der Waals surface area contributed by atoms with Crippen molar-refractivity contribution in [1.82, 2.24) is 0 Å². The molecule has 132 valence electrons. The second-order valence-corrected chi connectivity index (χ2v) is 6.01. The van der Waals surface area contributed by atoms with Crippen LogP contribution in [-0.2, 0) is 9.53 Å². The fraction of sp³-hybridized carbons (Fsp3) is 0.923. The molecule has 1 atom stereocenters. The first kappa shape index (κ1) is 21.0. The highest BCUT2D eigenvalue weighted by molar-refractivity contribution is 5.72. The minimum absolute atomic E-state index is 0.226. The minimum atomic E-state index is -6.43. The van der Waals surface area contributed by atoms with Crippen molar-refractivity contribution in [1.29, 1.82) is 0 Å². The van der Waals surface area contributed by atoms with E-state index in [2.05, 4.69) is 4.74 Å². The number of carbonyl (C=O) groups excluding carboxylic acids is 1. The van der Waals surface area contributed by atoms with Crippen molar-refractivity contribution in [3.8, 4) is 0 Å². The maximum absolute atomic E-state index is 13.0. The molecule has 22 heavy (non-hydrogen) atoms. The highest BCUT2D eigenvalue weighted by atomic mass is 19.4. The molecule has 1 unspecified atom stereocenters. The zero-order valence-corrected chi connectivity index (χ0v) is 12.7. The third kappa shape index (κ3) is 5.01. The van der Waals surface area contributed by atoms with E-state index in [4.69, 9.17) is 0 Å². The van der Waals surface area contributed by atoms with Gasteiger partial charge < -0.3 is 4.74 Å². The standard InChI is InChI=1S/C13H19F7O2/c1-5-10(3,4)6-8(2)9(21)22-7-11(14,15)12(16,17)13(18,19)20/h8H,5-7H2,1-4H3. The van der Waals surface area contributed by atoms with E-state index < -0.39 is 36.5 Å². The normalized spacial score (nSPS) is 15.6. The van der Waals surface area contributed by atoms with Gasteiger partial charge in [0.1, 0.15) is 0 Å². The molecular formula is C13H19F7O2. The van der Waals surface area contributed by atoms with Crippen LogP contribution in [0.15, 0.2) is 0 Å². The van der Waals surface area contributed by atoms with Gasteiger partial charge in [-0.3, -0.25) is 4.79 Å². The molecular weight excluding hydrogens is 321 g/mol. The average molecular weight is 340 g/mol. The molecule has 0 heterocycles. The van der Waals surface area contributed by atoms with Crippen LogP contribution < -0.4 is 0 Å². The fourth-order valence-electron chi connectivity index (χ4n) is 1.66. The average Bonchev–Trinajstić information content (AvgIpc) is 2.33. The van der Waals surface area contributed by atoms with Crippen molar-refractivity contribution >= 4 is 5.97 Å². The molecule has 0 fully saturated rings. The Balaban J connectivity index is 4.77. The van der Waals surface area contributed by atoms with Crippen molar-refractivity contribution in [2.45, 2.75) is 58.6 Å². The van der Waals surface area contributed by atoms with E-state index in [9.17, 15) is 35.5 Å². The quantitative estimate of drug-likeness (QED) is 0.490. The summed E-state index contributed by atoms with van der Waals surface area (Å²) in [6, 6.07) is 0. The third-order valence-corrected chi connectivity index (χ3v) is 3.43. The Morgan fingerprint density at radius 2 is 1.50 bits per heavy atom. The molecule has 0 radical (unpaired) electrons. The van der Waals surface area contributed by atoms with Crippen LogP contribution in [0.1, 0.15) is 40.5 Å². The summed E-state index contributed by atoms with van der Waals surface area (Å²) in [5.41, 5.74) is -0.323. The van der Waals surface area contributed by atoms with E-state index in [0.717, 1.165) is 0 Å². The van der Waals surface area contributed by atoms with E-state index in [0.29, 0.717) is 6.42 Å². The van der Waals surface area contributed by atoms with Crippen molar-refractivity contribution in [2.24, 2.45) is 11.3 Å². The smallest absolute Gasteiger partial charge is 0.459 e. The van der Waals surface area contributed by atoms with E-state index in [1.807, 2.05) is 6.92 Å². The van der Waals surface area contributed by atoms with Crippen LogP contribution in [-0.4, -0.2) is 30.6 Å². The summed E-state index contributed by atoms with van der Waals surface area (Å²) in [6.45, 7) is 4.43. The molecule has 0 N–H and O–H groups in total. The Morgan fingerprint density at radius 3 is 1.86 bits per heavy atom. The molecule has 0 amide bonds. The van der Waals surface area contributed by atoms with Crippen LogP contribution in [0.4, 0.5) is 30.7 Å². The van der Waals surface area contributed by atoms with Gasteiger partial charge in [-0.1, -0.05) is 34.1 Å². The van der Waals surface area contributed by atoms with Crippen molar-refractivity contribution in [2.75, 3.05) is 6.61 Å². The number of carbonyl (C=O) groups is 1. The predicted octanol–water partition coefficient (Wildman–Crippen LogP) is 4.82. The molecule has 2 nitrogen and oxygen atoms in total. The molecule has 0 saturated carbocycles. The zero-order chi connectivity index (χ0) is 18.0. The highest BCUT2D eigenvalue weighted by Crippen LogP contribution is 2.46. The number of halogens is 7. The van der Waals surface area contributed by atoms with Gasteiger partial charge in [0.15, 0.2) is 6.61 Å². The summed E-state index contributed by atoms with van der Waals surface area (Å²) in [7, 11) is 0. The molecule has 0 aliphatic heterocycles. The van der Waals surface area contributed by atoms with Crippen LogP contribution in [0.3, 0.4) is 0 Å². The molecule has 0 aromatic carbocycles. The summed E-state index contributed by atoms with van der Waals surface area (Å²) in [6.07, 6.45) is -5.55. The van der Waals surface area contributed by atoms with Gasteiger partial charge in [0.05, 0.1) is 5.92 Å². The van der Waals surface area contributed by atoms with Crippen molar-refractivity contribution in [3.63, 3.8) is 0 Å². The Kier molecular flexibility index (Phi) is 6.31. The molecule has 9 heteroatoms. The lowest BCUT2D eigenvalue weighted by Gasteiger charge is -2.29. The number of ether oxygens (including phenoxy) is 1. The minimum Gasteiger partial charge on any atom is -0.459 e. The molecule has 0 aliphatic carbocycles. The number of hydrogen-bond acceptors (Lipinski definition) is 2. The Labute approximate surface area is 124 Å². The second-order valence-electron chi connectivity index (χ2n) is 6.01. The molecule has 0 aliphatic rings. The lowest BCUT2D eigenvalue weighted by Crippen LogP contribution is -2.54. The van der Waals surface area contributed by atoms with Gasteiger partial charge in [-0.15, -0.1) is 0 Å². The van der Waals surface area contributed by atoms with E-state index in [1.165, 1.54) is 6.92 Å². The third-order valence-electron chi connectivity index (χ3n) is 3.43.